The average Bonchev–Trinajstić information content (AvgIpc) is 2.82. The quantitative estimate of drug-likeness (QED) is 0.603. The van der Waals surface area contributed by atoms with Crippen LogP contribution in [0.3, 0.4) is 0 Å². The van der Waals surface area contributed by atoms with E-state index in [1.807, 2.05) is 37.3 Å². The van der Waals surface area contributed by atoms with Gasteiger partial charge in [-0.3, -0.25) is 9.78 Å². The zero-order valence-electron chi connectivity index (χ0n) is 17.9. The lowest BCUT2D eigenvalue weighted by Crippen LogP contribution is -2.46. The molecule has 3 aromatic rings. The van der Waals surface area contributed by atoms with Crippen molar-refractivity contribution in [1.82, 2.24) is 19.9 Å². The topological polar surface area (TPSA) is 86.7 Å². The largest absolute Gasteiger partial charge is 0.473 e. The molecular weight excluding hydrogens is 396 g/mol. The predicted molar refractivity (Wildman–Crippen MR) is 116 cm³/mol. The third kappa shape index (κ3) is 4.81. The normalized spacial score (nSPS) is 17.5. The first kappa shape index (κ1) is 21.1. The number of aromatic nitrogens is 3. The van der Waals surface area contributed by atoms with Gasteiger partial charge in [0.1, 0.15) is 12.7 Å². The van der Waals surface area contributed by atoms with E-state index in [0.29, 0.717) is 36.6 Å². The molecule has 0 spiro atoms. The van der Waals surface area contributed by atoms with Gasteiger partial charge in [-0.05, 0) is 18.6 Å². The van der Waals surface area contributed by atoms with E-state index >= 15 is 0 Å². The van der Waals surface area contributed by atoms with Crippen LogP contribution in [-0.2, 0) is 14.3 Å². The lowest BCUT2D eigenvalue weighted by molar-refractivity contribution is -0.137. The molecule has 0 N–H and O–H groups in total. The van der Waals surface area contributed by atoms with Gasteiger partial charge < -0.3 is 19.1 Å². The number of nitrogens with zero attached hydrogens (tertiary/aromatic N) is 4. The van der Waals surface area contributed by atoms with Gasteiger partial charge in [-0.2, -0.15) is 0 Å². The monoisotopic (exact) mass is 422 g/mol. The van der Waals surface area contributed by atoms with Crippen LogP contribution in [0.2, 0.25) is 0 Å². The summed E-state index contributed by atoms with van der Waals surface area (Å²) >= 11 is 0. The van der Waals surface area contributed by atoms with Crippen LogP contribution in [-0.4, -0.2) is 65.3 Å². The Kier molecular flexibility index (Phi) is 6.39. The molecule has 1 amide bonds. The Balaban J connectivity index is 1.59. The maximum absolute atomic E-state index is 11.7. The number of benzene rings is 1. The Hall–Kier alpha value is -3.10. The van der Waals surface area contributed by atoms with Crippen molar-refractivity contribution in [3.8, 4) is 17.1 Å². The molecule has 0 radical (unpaired) electrons. The fourth-order valence-corrected chi connectivity index (χ4v) is 3.53. The Morgan fingerprint density at radius 1 is 1.26 bits per heavy atom. The van der Waals surface area contributed by atoms with Crippen LogP contribution in [0.15, 0.2) is 42.7 Å². The van der Waals surface area contributed by atoms with Gasteiger partial charge in [-0.1, -0.05) is 24.3 Å². The van der Waals surface area contributed by atoms with E-state index in [1.165, 1.54) is 0 Å². The lowest BCUT2D eigenvalue weighted by atomic mass is 10.1. The highest BCUT2D eigenvalue weighted by Gasteiger charge is 2.23. The minimum Gasteiger partial charge on any atom is -0.473 e. The highest BCUT2D eigenvalue weighted by molar-refractivity contribution is 5.83. The fourth-order valence-electron chi connectivity index (χ4n) is 3.53. The average molecular weight is 422 g/mol. The number of carbonyl (C=O) groups excluding carboxylic acids is 1. The first-order chi connectivity index (χ1) is 15.0. The van der Waals surface area contributed by atoms with Crippen LogP contribution in [0, 0.1) is 0 Å². The van der Waals surface area contributed by atoms with Crippen LogP contribution >= 0.6 is 0 Å². The lowest BCUT2D eigenvalue weighted by Gasteiger charge is -2.32. The summed E-state index contributed by atoms with van der Waals surface area (Å²) in [7, 11) is 1.69. The Bertz CT molecular complexity index is 1060. The minimum absolute atomic E-state index is 0.0217. The van der Waals surface area contributed by atoms with Crippen LogP contribution < -0.4 is 4.74 Å². The predicted octanol–water partition coefficient (Wildman–Crippen LogP) is 3.03. The number of hydrogen-bond acceptors (Lipinski definition) is 7. The highest BCUT2D eigenvalue weighted by Crippen LogP contribution is 2.28. The molecule has 31 heavy (non-hydrogen) atoms. The standard InChI is InChI=1S/C23H26N4O4/c1-15(29-3)17-4-6-18(7-5-17)20-12-21-22(25-9-8-24-21)23(26-20)31-14-19-13-27(16(2)28)10-11-30-19/h4-9,12,15,19H,10-11,13-14H2,1-3H3/t15?,19-/m0/s1. The van der Waals surface area contributed by atoms with Gasteiger partial charge in [0.25, 0.3) is 0 Å². The van der Waals surface area contributed by atoms with Crippen LogP contribution in [0.1, 0.15) is 25.5 Å². The van der Waals surface area contributed by atoms with Crippen LogP contribution in [0.25, 0.3) is 22.3 Å². The molecule has 8 nitrogen and oxygen atoms in total. The number of pyridine rings is 1. The number of fused-ring (bicyclic) bond motifs is 1. The second kappa shape index (κ2) is 9.36. The van der Waals surface area contributed by atoms with Crippen molar-refractivity contribution >= 4 is 16.9 Å². The number of amides is 1. The van der Waals surface area contributed by atoms with Crippen molar-refractivity contribution in [3.63, 3.8) is 0 Å². The summed E-state index contributed by atoms with van der Waals surface area (Å²) in [5.74, 6) is 0.439. The Morgan fingerprint density at radius 3 is 2.77 bits per heavy atom. The maximum Gasteiger partial charge on any atom is 0.242 e. The number of morpholine rings is 1. The zero-order chi connectivity index (χ0) is 21.8. The molecule has 1 aliphatic rings. The molecule has 8 heteroatoms. The summed E-state index contributed by atoms with van der Waals surface area (Å²) in [5, 5.41) is 0. The summed E-state index contributed by atoms with van der Waals surface area (Å²) in [5.41, 5.74) is 4.07. The number of rotatable bonds is 6. The van der Waals surface area contributed by atoms with Gasteiger partial charge >= 0.3 is 0 Å². The van der Waals surface area contributed by atoms with E-state index in [1.54, 1.807) is 31.3 Å². The van der Waals surface area contributed by atoms with E-state index in [4.69, 9.17) is 19.2 Å². The maximum atomic E-state index is 11.7. The molecule has 4 rings (SSSR count). The second-order valence-corrected chi connectivity index (χ2v) is 7.51. The van der Waals surface area contributed by atoms with E-state index in [-0.39, 0.29) is 24.7 Å². The minimum atomic E-state index is -0.218. The van der Waals surface area contributed by atoms with Gasteiger partial charge in [-0.15, -0.1) is 0 Å². The van der Waals surface area contributed by atoms with Crippen molar-refractivity contribution in [1.29, 1.82) is 0 Å². The van der Waals surface area contributed by atoms with Crippen LogP contribution in [0.5, 0.6) is 5.88 Å². The Labute approximate surface area is 181 Å². The third-order valence-corrected chi connectivity index (χ3v) is 5.44. The summed E-state index contributed by atoms with van der Waals surface area (Å²) in [6, 6.07) is 9.97. The number of methoxy groups -OCH3 is 1. The van der Waals surface area contributed by atoms with Crippen molar-refractivity contribution < 1.29 is 19.0 Å². The molecule has 1 aliphatic heterocycles. The summed E-state index contributed by atoms with van der Waals surface area (Å²) in [4.78, 5) is 27.0. The molecule has 1 aromatic carbocycles. The first-order valence-corrected chi connectivity index (χ1v) is 10.3. The summed E-state index contributed by atoms with van der Waals surface area (Å²) in [6.07, 6.45) is 3.07. The van der Waals surface area contributed by atoms with Gasteiger partial charge in [0.15, 0.2) is 5.52 Å². The van der Waals surface area contributed by atoms with Crippen molar-refractivity contribution in [3.05, 3.63) is 48.3 Å². The second-order valence-electron chi connectivity index (χ2n) is 7.51. The molecule has 0 bridgehead atoms. The van der Waals surface area contributed by atoms with E-state index in [9.17, 15) is 4.79 Å². The van der Waals surface area contributed by atoms with Crippen molar-refractivity contribution in [2.24, 2.45) is 0 Å². The molecular formula is C23H26N4O4. The van der Waals surface area contributed by atoms with Crippen LogP contribution in [0.4, 0.5) is 0 Å². The highest BCUT2D eigenvalue weighted by atomic mass is 16.5. The van der Waals surface area contributed by atoms with Crippen molar-refractivity contribution in [2.45, 2.75) is 26.1 Å². The Morgan fingerprint density at radius 2 is 2.03 bits per heavy atom. The smallest absolute Gasteiger partial charge is 0.242 e. The van der Waals surface area contributed by atoms with Gasteiger partial charge in [0, 0.05) is 38.5 Å². The van der Waals surface area contributed by atoms with E-state index < -0.39 is 0 Å². The number of carbonyl (C=O) groups is 1. The van der Waals surface area contributed by atoms with Gasteiger partial charge in [0.05, 0.1) is 30.5 Å². The molecule has 2 aromatic heterocycles. The van der Waals surface area contributed by atoms with Gasteiger partial charge in [-0.25, -0.2) is 9.97 Å². The molecule has 0 saturated carbocycles. The van der Waals surface area contributed by atoms with E-state index in [2.05, 4.69) is 9.97 Å². The zero-order valence-corrected chi connectivity index (χ0v) is 17.9. The number of ether oxygens (including phenoxy) is 3. The van der Waals surface area contributed by atoms with Gasteiger partial charge in [0.2, 0.25) is 11.8 Å². The molecule has 3 heterocycles. The van der Waals surface area contributed by atoms with Crippen molar-refractivity contribution in [2.75, 3.05) is 33.4 Å². The number of hydrogen-bond donors (Lipinski definition) is 0. The molecule has 162 valence electrons. The molecule has 0 aliphatic carbocycles. The SMILES string of the molecule is COC(C)c1ccc(-c2cc3nccnc3c(OC[C@@H]3CN(C(C)=O)CCO3)n2)cc1. The molecule has 2 atom stereocenters. The molecule has 1 fully saturated rings. The van der Waals surface area contributed by atoms with E-state index in [0.717, 1.165) is 16.8 Å². The molecule has 1 saturated heterocycles. The molecule has 1 unspecified atom stereocenters. The fraction of sp³-hybridized carbons (Fsp3) is 0.391. The summed E-state index contributed by atoms with van der Waals surface area (Å²) < 4.78 is 17.2. The third-order valence-electron chi connectivity index (χ3n) is 5.44. The summed E-state index contributed by atoms with van der Waals surface area (Å²) in [6.45, 7) is 5.44. The first-order valence-electron chi connectivity index (χ1n) is 10.3.